The van der Waals surface area contributed by atoms with Gasteiger partial charge in [-0.05, 0) is 6.42 Å². The number of carboxylic acids is 1. The summed E-state index contributed by atoms with van der Waals surface area (Å²) in [5.74, 6) is 1.88. The molecule has 1 saturated heterocycles. The molecule has 1 aliphatic rings. The van der Waals surface area contributed by atoms with Crippen LogP contribution in [0.15, 0.2) is 6.20 Å². The van der Waals surface area contributed by atoms with Crippen LogP contribution >= 0.6 is 11.8 Å². The SMILES string of the molecule is CCCc1nc(N2CCSCC2)ncc1C(=O)O. The number of carboxylic acid groups (broad SMARTS) is 1. The molecule has 1 aliphatic heterocycles. The van der Waals surface area contributed by atoms with Crippen LogP contribution in [0, 0.1) is 0 Å². The second kappa shape index (κ2) is 6.04. The molecule has 0 amide bonds. The molecule has 1 N–H and O–H groups in total. The van der Waals surface area contributed by atoms with Crippen LogP contribution in [-0.4, -0.2) is 45.6 Å². The second-order valence-corrected chi connectivity index (χ2v) is 5.41. The molecular weight excluding hydrogens is 250 g/mol. The van der Waals surface area contributed by atoms with Crippen molar-refractivity contribution in [2.24, 2.45) is 0 Å². The zero-order valence-electron chi connectivity index (χ0n) is 10.4. The molecule has 18 heavy (non-hydrogen) atoms. The summed E-state index contributed by atoms with van der Waals surface area (Å²) in [5, 5.41) is 9.10. The van der Waals surface area contributed by atoms with Crippen LogP contribution in [0.1, 0.15) is 29.4 Å². The molecule has 0 unspecified atom stereocenters. The van der Waals surface area contributed by atoms with Gasteiger partial charge in [-0.1, -0.05) is 13.3 Å². The minimum Gasteiger partial charge on any atom is -0.478 e. The highest BCUT2D eigenvalue weighted by atomic mass is 32.2. The van der Waals surface area contributed by atoms with Crippen LogP contribution in [0.4, 0.5) is 5.95 Å². The topological polar surface area (TPSA) is 66.3 Å². The van der Waals surface area contributed by atoms with E-state index in [0.717, 1.165) is 31.0 Å². The molecule has 6 heteroatoms. The van der Waals surface area contributed by atoms with E-state index in [9.17, 15) is 4.79 Å². The van der Waals surface area contributed by atoms with E-state index in [1.165, 1.54) is 6.20 Å². The highest BCUT2D eigenvalue weighted by Gasteiger charge is 2.17. The van der Waals surface area contributed by atoms with Gasteiger partial charge in [-0.25, -0.2) is 14.8 Å². The maximum Gasteiger partial charge on any atom is 0.339 e. The summed E-state index contributed by atoms with van der Waals surface area (Å²) in [6.45, 7) is 3.89. The van der Waals surface area contributed by atoms with Crippen molar-refractivity contribution >= 4 is 23.7 Å². The molecule has 0 saturated carbocycles. The average molecular weight is 267 g/mol. The van der Waals surface area contributed by atoms with Crippen LogP contribution in [0.25, 0.3) is 0 Å². The molecule has 0 radical (unpaired) electrons. The monoisotopic (exact) mass is 267 g/mol. The molecule has 1 aromatic rings. The number of anilines is 1. The number of hydrogen-bond donors (Lipinski definition) is 1. The summed E-state index contributed by atoms with van der Waals surface area (Å²) in [5.41, 5.74) is 0.875. The van der Waals surface area contributed by atoms with Gasteiger partial charge in [-0.15, -0.1) is 0 Å². The fourth-order valence-electron chi connectivity index (χ4n) is 1.93. The first-order valence-corrected chi connectivity index (χ1v) is 7.29. The van der Waals surface area contributed by atoms with E-state index >= 15 is 0 Å². The van der Waals surface area contributed by atoms with Crippen molar-refractivity contribution in [1.82, 2.24) is 9.97 Å². The summed E-state index contributed by atoms with van der Waals surface area (Å²) in [6.07, 6.45) is 3.00. The van der Waals surface area contributed by atoms with E-state index in [1.54, 1.807) is 0 Å². The molecule has 2 rings (SSSR count). The van der Waals surface area contributed by atoms with E-state index in [-0.39, 0.29) is 5.56 Å². The van der Waals surface area contributed by atoms with Gasteiger partial charge in [0.15, 0.2) is 0 Å². The largest absolute Gasteiger partial charge is 0.478 e. The van der Waals surface area contributed by atoms with E-state index in [1.807, 2.05) is 18.7 Å². The first-order valence-electron chi connectivity index (χ1n) is 6.14. The summed E-state index contributed by atoms with van der Waals surface area (Å²) >= 11 is 1.92. The van der Waals surface area contributed by atoms with Crippen LogP contribution < -0.4 is 4.90 Å². The van der Waals surface area contributed by atoms with Crippen molar-refractivity contribution in [1.29, 1.82) is 0 Å². The molecule has 0 aromatic carbocycles. The van der Waals surface area contributed by atoms with Crippen molar-refractivity contribution in [3.05, 3.63) is 17.5 Å². The number of nitrogens with zero attached hydrogens (tertiary/aromatic N) is 3. The minimum atomic E-state index is -0.945. The summed E-state index contributed by atoms with van der Waals surface area (Å²) in [6, 6.07) is 0. The standard InChI is InChI=1S/C12H17N3O2S/c1-2-3-10-9(11(16)17)8-13-12(14-10)15-4-6-18-7-5-15/h8H,2-7H2,1H3,(H,16,17). The number of thioether (sulfide) groups is 1. The Hall–Kier alpha value is -1.30. The number of hydrogen-bond acceptors (Lipinski definition) is 5. The van der Waals surface area contributed by atoms with Crippen molar-refractivity contribution < 1.29 is 9.90 Å². The maximum atomic E-state index is 11.1. The van der Waals surface area contributed by atoms with Gasteiger partial charge in [0.1, 0.15) is 0 Å². The molecule has 1 aromatic heterocycles. The highest BCUT2D eigenvalue weighted by Crippen LogP contribution is 2.17. The first kappa shape index (κ1) is 13.1. The third-order valence-electron chi connectivity index (χ3n) is 2.87. The van der Waals surface area contributed by atoms with Gasteiger partial charge in [-0.3, -0.25) is 0 Å². The molecule has 98 valence electrons. The zero-order chi connectivity index (χ0) is 13.0. The molecule has 1 fully saturated rings. The molecule has 0 aliphatic carbocycles. The highest BCUT2D eigenvalue weighted by molar-refractivity contribution is 7.99. The summed E-state index contributed by atoms with van der Waals surface area (Å²) in [7, 11) is 0. The van der Waals surface area contributed by atoms with Crippen molar-refractivity contribution in [2.45, 2.75) is 19.8 Å². The smallest absolute Gasteiger partial charge is 0.339 e. The van der Waals surface area contributed by atoms with Gasteiger partial charge in [-0.2, -0.15) is 11.8 Å². The summed E-state index contributed by atoms with van der Waals surface area (Å²) in [4.78, 5) is 21.8. The second-order valence-electron chi connectivity index (χ2n) is 4.18. The Morgan fingerprint density at radius 1 is 1.50 bits per heavy atom. The lowest BCUT2D eigenvalue weighted by Crippen LogP contribution is -2.34. The molecule has 5 nitrogen and oxygen atoms in total. The van der Waals surface area contributed by atoms with Crippen LogP contribution in [0.5, 0.6) is 0 Å². The minimum absolute atomic E-state index is 0.229. The lowest BCUT2D eigenvalue weighted by Gasteiger charge is -2.26. The number of aromatic nitrogens is 2. The zero-order valence-corrected chi connectivity index (χ0v) is 11.2. The molecular formula is C12H17N3O2S. The van der Waals surface area contributed by atoms with Gasteiger partial charge in [0.25, 0.3) is 0 Å². The molecule has 0 spiro atoms. The number of aryl methyl sites for hydroxylation is 1. The number of rotatable bonds is 4. The van der Waals surface area contributed by atoms with Gasteiger partial charge >= 0.3 is 5.97 Å². The Balaban J connectivity index is 2.26. The Labute approximate surface area is 111 Å². The van der Waals surface area contributed by atoms with Crippen LogP contribution in [0.2, 0.25) is 0 Å². The van der Waals surface area contributed by atoms with E-state index in [2.05, 4.69) is 14.9 Å². The van der Waals surface area contributed by atoms with E-state index in [0.29, 0.717) is 18.1 Å². The normalized spacial score (nSPS) is 15.7. The Morgan fingerprint density at radius 3 is 2.83 bits per heavy atom. The third-order valence-corrected chi connectivity index (χ3v) is 3.81. The van der Waals surface area contributed by atoms with E-state index < -0.39 is 5.97 Å². The fraction of sp³-hybridized carbons (Fsp3) is 0.583. The average Bonchev–Trinajstić information content (AvgIpc) is 2.40. The van der Waals surface area contributed by atoms with Gasteiger partial charge in [0, 0.05) is 30.8 Å². The van der Waals surface area contributed by atoms with Crippen molar-refractivity contribution in [3.63, 3.8) is 0 Å². The van der Waals surface area contributed by atoms with Crippen molar-refractivity contribution in [3.8, 4) is 0 Å². The van der Waals surface area contributed by atoms with Gasteiger partial charge in [0.05, 0.1) is 11.3 Å². The lowest BCUT2D eigenvalue weighted by atomic mass is 10.1. The number of aromatic carboxylic acids is 1. The van der Waals surface area contributed by atoms with Crippen molar-refractivity contribution in [2.75, 3.05) is 29.5 Å². The quantitative estimate of drug-likeness (QED) is 0.895. The Morgan fingerprint density at radius 2 is 2.22 bits per heavy atom. The van der Waals surface area contributed by atoms with Gasteiger partial charge < -0.3 is 10.0 Å². The lowest BCUT2D eigenvalue weighted by molar-refractivity contribution is 0.0694. The van der Waals surface area contributed by atoms with Gasteiger partial charge in [0.2, 0.25) is 5.95 Å². The molecule has 2 heterocycles. The third kappa shape index (κ3) is 2.93. The maximum absolute atomic E-state index is 11.1. The van der Waals surface area contributed by atoms with Crippen LogP contribution in [-0.2, 0) is 6.42 Å². The van der Waals surface area contributed by atoms with Crippen LogP contribution in [0.3, 0.4) is 0 Å². The fourth-order valence-corrected chi connectivity index (χ4v) is 2.83. The predicted octanol–water partition coefficient (Wildman–Crippen LogP) is 1.68. The molecule has 0 atom stereocenters. The summed E-state index contributed by atoms with van der Waals surface area (Å²) < 4.78 is 0. The number of carbonyl (C=O) groups is 1. The molecule has 0 bridgehead atoms. The Bertz CT molecular complexity index is 433. The van der Waals surface area contributed by atoms with E-state index in [4.69, 9.17) is 5.11 Å². The Kier molecular flexibility index (Phi) is 4.41. The predicted molar refractivity (Wildman–Crippen MR) is 72.5 cm³/mol. The first-order chi connectivity index (χ1) is 8.72.